The van der Waals surface area contributed by atoms with E-state index in [9.17, 15) is 9.18 Å². The molecule has 0 radical (unpaired) electrons. The molecule has 0 fully saturated rings. The van der Waals surface area contributed by atoms with Gasteiger partial charge in [-0.25, -0.2) is 4.39 Å². The van der Waals surface area contributed by atoms with E-state index in [4.69, 9.17) is 0 Å². The predicted molar refractivity (Wildman–Crippen MR) is 91.3 cm³/mol. The number of aromatic nitrogens is 2. The first kappa shape index (κ1) is 17.8. The largest absolute Gasteiger partial charge is 0.369 e. The SMILES string of the molecule is CN(C)CCCNc1ccc(C(=O)NCc2ccc(F)cc2)nn1. The van der Waals surface area contributed by atoms with Gasteiger partial charge in [0, 0.05) is 13.1 Å². The van der Waals surface area contributed by atoms with Gasteiger partial charge in [-0.1, -0.05) is 12.1 Å². The lowest BCUT2D eigenvalue weighted by Gasteiger charge is -2.10. The Morgan fingerprint density at radius 3 is 2.50 bits per heavy atom. The number of rotatable bonds is 8. The molecule has 0 unspecified atom stereocenters. The highest BCUT2D eigenvalue weighted by atomic mass is 19.1. The van der Waals surface area contributed by atoms with E-state index >= 15 is 0 Å². The molecule has 0 bridgehead atoms. The number of benzene rings is 1. The highest BCUT2D eigenvalue weighted by Crippen LogP contribution is 2.04. The number of nitrogens with one attached hydrogen (secondary N) is 2. The van der Waals surface area contributed by atoms with E-state index in [1.807, 2.05) is 14.1 Å². The average molecular weight is 331 g/mol. The van der Waals surface area contributed by atoms with Crippen molar-refractivity contribution in [2.75, 3.05) is 32.5 Å². The summed E-state index contributed by atoms with van der Waals surface area (Å²) in [5.41, 5.74) is 1.06. The molecule has 0 aliphatic rings. The maximum Gasteiger partial charge on any atom is 0.272 e. The number of anilines is 1. The first-order valence-electron chi connectivity index (χ1n) is 7.79. The molecular formula is C17H22FN5O. The van der Waals surface area contributed by atoms with Crippen molar-refractivity contribution in [3.8, 4) is 0 Å². The number of halogens is 1. The Labute approximate surface area is 141 Å². The zero-order valence-corrected chi connectivity index (χ0v) is 13.9. The standard InChI is InChI=1S/C17H22FN5O/c1-23(2)11-3-10-19-16-9-8-15(21-22-16)17(24)20-12-13-4-6-14(18)7-5-13/h4-9H,3,10-12H2,1-2H3,(H,19,22)(H,20,24). The van der Waals surface area contributed by atoms with E-state index in [0.717, 1.165) is 25.1 Å². The fourth-order valence-electron chi connectivity index (χ4n) is 2.03. The Hall–Kier alpha value is -2.54. The maximum absolute atomic E-state index is 12.8. The second kappa shape index (κ2) is 8.93. The lowest BCUT2D eigenvalue weighted by molar-refractivity contribution is 0.0945. The quantitative estimate of drug-likeness (QED) is 0.723. The van der Waals surface area contributed by atoms with E-state index in [1.54, 1.807) is 24.3 Å². The molecule has 1 amide bonds. The fourth-order valence-corrected chi connectivity index (χ4v) is 2.03. The van der Waals surface area contributed by atoms with Crippen molar-refractivity contribution < 1.29 is 9.18 Å². The molecule has 0 spiro atoms. The zero-order chi connectivity index (χ0) is 17.4. The number of amides is 1. The molecule has 0 saturated carbocycles. The monoisotopic (exact) mass is 331 g/mol. The van der Waals surface area contributed by atoms with Crippen molar-refractivity contribution >= 4 is 11.7 Å². The van der Waals surface area contributed by atoms with E-state index in [2.05, 4.69) is 25.7 Å². The van der Waals surface area contributed by atoms with Crippen molar-refractivity contribution in [1.82, 2.24) is 20.4 Å². The molecular weight excluding hydrogens is 309 g/mol. The van der Waals surface area contributed by atoms with Crippen LogP contribution in [0.1, 0.15) is 22.5 Å². The van der Waals surface area contributed by atoms with Crippen LogP contribution in [0.15, 0.2) is 36.4 Å². The minimum atomic E-state index is -0.314. The third-order valence-corrected chi connectivity index (χ3v) is 3.35. The smallest absolute Gasteiger partial charge is 0.272 e. The molecule has 1 aromatic carbocycles. The lowest BCUT2D eigenvalue weighted by atomic mass is 10.2. The van der Waals surface area contributed by atoms with Gasteiger partial charge in [0.05, 0.1) is 0 Å². The number of hydrogen-bond acceptors (Lipinski definition) is 5. The Morgan fingerprint density at radius 2 is 1.88 bits per heavy atom. The third-order valence-electron chi connectivity index (χ3n) is 3.35. The summed E-state index contributed by atoms with van der Waals surface area (Å²) in [7, 11) is 4.05. The summed E-state index contributed by atoms with van der Waals surface area (Å²) in [5, 5.41) is 13.8. The molecule has 6 nitrogen and oxygen atoms in total. The second-order valence-electron chi connectivity index (χ2n) is 5.70. The molecule has 0 atom stereocenters. The molecule has 0 aliphatic carbocycles. The highest BCUT2D eigenvalue weighted by molar-refractivity contribution is 5.92. The van der Waals surface area contributed by atoms with Gasteiger partial charge in [0.1, 0.15) is 11.6 Å². The molecule has 1 aromatic heterocycles. The van der Waals surface area contributed by atoms with Crippen LogP contribution in [-0.2, 0) is 6.54 Å². The molecule has 2 N–H and O–H groups in total. The summed E-state index contributed by atoms with van der Waals surface area (Å²) in [6.45, 7) is 2.10. The average Bonchev–Trinajstić information content (AvgIpc) is 2.58. The van der Waals surface area contributed by atoms with Gasteiger partial charge in [0.15, 0.2) is 5.69 Å². The lowest BCUT2D eigenvalue weighted by Crippen LogP contribution is -2.24. The minimum Gasteiger partial charge on any atom is -0.369 e. The number of carbonyl (C=O) groups is 1. The van der Waals surface area contributed by atoms with Crippen LogP contribution in [-0.4, -0.2) is 48.2 Å². The van der Waals surface area contributed by atoms with Gasteiger partial charge in [-0.05, 0) is 56.9 Å². The van der Waals surface area contributed by atoms with Crippen LogP contribution in [0.3, 0.4) is 0 Å². The van der Waals surface area contributed by atoms with Gasteiger partial charge in [0.2, 0.25) is 0 Å². The van der Waals surface area contributed by atoms with Crippen molar-refractivity contribution in [2.24, 2.45) is 0 Å². The van der Waals surface area contributed by atoms with Gasteiger partial charge < -0.3 is 15.5 Å². The Balaban J connectivity index is 1.79. The van der Waals surface area contributed by atoms with E-state index in [0.29, 0.717) is 12.4 Å². The van der Waals surface area contributed by atoms with Crippen LogP contribution < -0.4 is 10.6 Å². The zero-order valence-electron chi connectivity index (χ0n) is 13.9. The van der Waals surface area contributed by atoms with Crippen LogP contribution in [0, 0.1) is 5.82 Å². The van der Waals surface area contributed by atoms with Crippen LogP contribution in [0.2, 0.25) is 0 Å². The van der Waals surface area contributed by atoms with Gasteiger partial charge in [0.25, 0.3) is 5.91 Å². The molecule has 0 aliphatic heterocycles. The number of nitrogens with zero attached hydrogens (tertiary/aromatic N) is 3. The predicted octanol–water partition coefficient (Wildman–Crippen LogP) is 1.91. The number of hydrogen-bond donors (Lipinski definition) is 2. The Morgan fingerprint density at radius 1 is 1.12 bits per heavy atom. The summed E-state index contributed by atoms with van der Waals surface area (Å²) in [5.74, 6) is 0.0273. The second-order valence-corrected chi connectivity index (χ2v) is 5.70. The van der Waals surface area contributed by atoms with Gasteiger partial charge in [-0.2, -0.15) is 0 Å². The maximum atomic E-state index is 12.8. The van der Waals surface area contributed by atoms with Crippen LogP contribution in [0.5, 0.6) is 0 Å². The van der Waals surface area contributed by atoms with Crippen LogP contribution in [0.25, 0.3) is 0 Å². The van der Waals surface area contributed by atoms with Crippen molar-refractivity contribution in [3.05, 3.63) is 53.5 Å². The molecule has 2 rings (SSSR count). The molecule has 2 aromatic rings. The van der Waals surface area contributed by atoms with Crippen molar-refractivity contribution in [2.45, 2.75) is 13.0 Å². The van der Waals surface area contributed by atoms with Crippen LogP contribution in [0.4, 0.5) is 10.2 Å². The third kappa shape index (κ3) is 5.92. The van der Waals surface area contributed by atoms with Gasteiger partial charge >= 0.3 is 0 Å². The minimum absolute atomic E-state index is 0.246. The topological polar surface area (TPSA) is 70.2 Å². The summed E-state index contributed by atoms with van der Waals surface area (Å²) in [6, 6.07) is 9.33. The van der Waals surface area contributed by atoms with Crippen LogP contribution >= 0.6 is 0 Å². The van der Waals surface area contributed by atoms with Gasteiger partial charge in [-0.15, -0.1) is 10.2 Å². The van der Waals surface area contributed by atoms with E-state index in [-0.39, 0.29) is 17.4 Å². The highest BCUT2D eigenvalue weighted by Gasteiger charge is 2.08. The molecule has 1 heterocycles. The molecule has 24 heavy (non-hydrogen) atoms. The summed E-state index contributed by atoms with van der Waals surface area (Å²) in [4.78, 5) is 14.1. The fraction of sp³-hybridized carbons (Fsp3) is 0.353. The first-order valence-corrected chi connectivity index (χ1v) is 7.79. The van der Waals surface area contributed by atoms with E-state index in [1.165, 1.54) is 12.1 Å². The molecule has 0 saturated heterocycles. The number of carbonyl (C=O) groups excluding carboxylic acids is 1. The molecule has 7 heteroatoms. The Kier molecular flexibility index (Phi) is 6.62. The normalized spacial score (nSPS) is 10.7. The molecule has 128 valence electrons. The summed E-state index contributed by atoms with van der Waals surface area (Å²) < 4.78 is 12.8. The van der Waals surface area contributed by atoms with Crippen molar-refractivity contribution in [1.29, 1.82) is 0 Å². The summed E-state index contributed by atoms with van der Waals surface area (Å²) >= 11 is 0. The Bertz CT molecular complexity index is 643. The van der Waals surface area contributed by atoms with E-state index < -0.39 is 0 Å². The van der Waals surface area contributed by atoms with Crippen molar-refractivity contribution in [3.63, 3.8) is 0 Å². The van der Waals surface area contributed by atoms with Gasteiger partial charge in [-0.3, -0.25) is 4.79 Å². The summed E-state index contributed by atoms with van der Waals surface area (Å²) in [6.07, 6.45) is 0.995. The first-order chi connectivity index (χ1) is 11.5.